The minimum Gasteiger partial charge on any atom is -0.395 e. The second-order valence-corrected chi connectivity index (χ2v) is 5.10. The van der Waals surface area contributed by atoms with E-state index in [1.54, 1.807) is 0 Å². The maximum atomic E-state index is 12.0. The van der Waals surface area contributed by atoms with E-state index in [2.05, 4.69) is 5.32 Å². The van der Waals surface area contributed by atoms with Crippen LogP contribution in [0.4, 0.5) is 0 Å². The van der Waals surface area contributed by atoms with Crippen LogP contribution in [0.3, 0.4) is 0 Å². The highest BCUT2D eigenvalue weighted by Crippen LogP contribution is 2.40. The first kappa shape index (κ1) is 10.9. The van der Waals surface area contributed by atoms with E-state index < -0.39 is 5.41 Å². The summed E-state index contributed by atoms with van der Waals surface area (Å²) in [5, 5.41) is 12.4. The molecule has 0 aromatic heterocycles. The molecule has 3 nitrogen and oxygen atoms in total. The molecule has 2 aliphatic carbocycles. The summed E-state index contributed by atoms with van der Waals surface area (Å²) in [6.07, 6.45) is 8.81. The normalized spacial score (nSPS) is 25.7. The summed E-state index contributed by atoms with van der Waals surface area (Å²) in [7, 11) is 0. The minimum atomic E-state index is -0.419. The van der Waals surface area contributed by atoms with Crippen molar-refractivity contribution in [3.8, 4) is 0 Å². The summed E-state index contributed by atoms with van der Waals surface area (Å²) < 4.78 is 0. The zero-order chi connectivity index (χ0) is 10.7. The predicted molar refractivity (Wildman–Crippen MR) is 58.4 cm³/mol. The Labute approximate surface area is 91.2 Å². The first-order chi connectivity index (χ1) is 7.27. The van der Waals surface area contributed by atoms with Crippen molar-refractivity contribution in [1.29, 1.82) is 0 Å². The van der Waals surface area contributed by atoms with Crippen molar-refractivity contribution in [2.45, 2.75) is 57.4 Å². The van der Waals surface area contributed by atoms with Gasteiger partial charge in [0.1, 0.15) is 0 Å². The van der Waals surface area contributed by atoms with Crippen LogP contribution in [0, 0.1) is 5.41 Å². The number of aliphatic hydroxyl groups is 1. The third kappa shape index (κ3) is 2.17. The standard InChI is InChI=1S/C12H21NO2/c14-9-12(7-4-8-12)11(15)13-10-5-2-1-3-6-10/h10,14H,1-9H2,(H,13,15). The van der Waals surface area contributed by atoms with Gasteiger partial charge in [0.2, 0.25) is 5.91 Å². The fourth-order valence-corrected chi connectivity index (χ4v) is 2.65. The lowest BCUT2D eigenvalue weighted by Gasteiger charge is -2.40. The summed E-state index contributed by atoms with van der Waals surface area (Å²) in [4.78, 5) is 12.0. The van der Waals surface area contributed by atoms with Crippen molar-refractivity contribution in [2.75, 3.05) is 6.61 Å². The molecule has 0 saturated heterocycles. The number of hydrogen-bond acceptors (Lipinski definition) is 2. The van der Waals surface area contributed by atoms with Gasteiger partial charge in [0.05, 0.1) is 12.0 Å². The molecular formula is C12H21NO2. The van der Waals surface area contributed by atoms with Gasteiger partial charge >= 0.3 is 0 Å². The zero-order valence-corrected chi connectivity index (χ0v) is 9.30. The van der Waals surface area contributed by atoms with E-state index in [4.69, 9.17) is 0 Å². The molecule has 0 heterocycles. The second kappa shape index (κ2) is 4.52. The molecular weight excluding hydrogens is 190 g/mol. The summed E-state index contributed by atoms with van der Waals surface area (Å²) in [5.41, 5.74) is -0.419. The number of aliphatic hydroxyl groups excluding tert-OH is 1. The Morgan fingerprint density at radius 3 is 2.33 bits per heavy atom. The van der Waals surface area contributed by atoms with Gasteiger partial charge in [-0.05, 0) is 25.7 Å². The average molecular weight is 211 g/mol. The number of carbonyl (C=O) groups is 1. The van der Waals surface area contributed by atoms with Crippen LogP contribution >= 0.6 is 0 Å². The van der Waals surface area contributed by atoms with Crippen molar-refractivity contribution in [3.05, 3.63) is 0 Å². The molecule has 2 aliphatic rings. The summed E-state index contributed by atoms with van der Waals surface area (Å²) in [6.45, 7) is 0.0194. The highest BCUT2D eigenvalue weighted by molar-refractivity contribution is 5.83. The summed E-state index contributed by atoms with van der Waals surface area (Å²) in [6, 6.07) is 0.371. The first-order valence-corrected chi connectivity index (χ1v) is 6.19. The topological polar surface area (TPSA) is 49.3 Å². The van der Waals surface area contributed by atoms with Crippen molar-refractivity contribution in [1.82, 2.24) is 5.32 Å². The molecule has 2 saturated carbocycles. The monoisotopic (exact) mass is 211 g/mol. The SMILES string of the molecule is O=C(NC1CCCCC1)C1(CO)CCC1. The van der Waals surface area contributed by atoms with Gasteiger partial charge in [-0.2, -0.15) is 0 Å². The number of carbonyl (C=O) groups excluding carboxylic acids is 1. The molecule has 15 heavy (non-hydrogen) atoms. The Balaban J connectivity index is 1.85. The van der Waals surface area contributed by atoms with E-state index in [-0.39, 0.29) is 12.5 Å². The molecule has 3 heteroatoms. The Morgan fingerprint density at radius 1 is 1.20 bits per heavy atom. The molecule has 86 valence electrons. The van der Waals surface area contributed by atoms with Gasteiger partial charge in [-0.1, -0.05) is 25.7 Å². The van der Waals surface area contributed by atoms with Crippen LogP contribution in [0.5, 0.6) is 0 Å². The number of amides is 1. The third-order valence-corrected chi connectivity index (χ3v) is 4.04. The van der Waals surface area contributed by atoms with Gasteiger partial charge in [-0.3, -0.25) is 4.79 Å². The van der Waals surface area contributed by atoms with Crippen molar-refractivity contribution >= 4 is 5.91 Å². The van der Waals surface area contributed by atoms with Crippen LogP contribution < -0.4 is 5.32 Å². The van der Waals surface area contributed by atoms with Gasteiger partial charge in [0, 0.05) is 6.04 Å². The Morgan fingerprint density at radius 2 is 1.87 bits per heavy atom. The highest BCUT2D eigenvalue weighted by atomic mass is 16.3. The van der Waals surface area contributed by atoms with E-state index in [9.17, 15) is 9.90 Å². The number of hydrogen-bond donors (Lipinski definition) is 2. The molecule has 1 amide bonds. The molecule has 0 atom stereocenters. The zero-order valence-electron chi connectivity index (χ0n) is 9.30. The quantitative estimate of drug-likeness (QED) is 0.745. The van der Waals surface area contributed by atoms with E-state index in [0.29, 0.717) is 6.04 Å². The Kier molecular flexibility index (Phi) is 3.29. The van der Waals surface area contributed by atoms with E-state index in [1.807, 2.05) is 0 Å². The second-order valence-electron chi connectivity index (χ2n) is 5.10. The summed E-state index contributed by atoms with van der Waals surface area (Å²) >= 11 is 0. The van der Waals surface area contributed by atoms with E-state index in [0.717, 1.165) is 32.1 Å². The van der Waals surface area contributed by atoms with E-state index in [1.165, 1.54) is 19.3 Å². The van der Waals surface area contributed by atoms with Crippen LogP contribution in [-0.4, -0.2) is 23.7 Å². The molecule has 0 bridgehead atoms. The minimum absolute atomic E-state index is 0.0194. The molecule has 0 aromatic carbocycles. The van der Waals surface area contributed by atoms with Gasteiger partial charge in [-0.25, -0.2) is 0 Å². The lowest BCUT2D eigenvalue weighted by Crippen LogP contribution is -2.51. The predicted octanol–water partition coefficient (Wildman–Crippen LogP) is 1.60. The fraction of sp³-hybridized carbons (Fsp3) is 0.917. The van der Waals surface area contributed by atoms with Crippen LogP contribution in [0.2, 0.25) is 0 Å². The molecule has 0 spiro atoms. The molecule has 2 fully saturated rings. The summed E-state index contributed by atoms with van der Waals surface area (Å²) in [5.74, 6) is 0.100. The van der Waals surface area contributed by atoms with Gasteiger partial charge in [0.25, 0.3) is 0 Å². The van der Waals surface area contributed by atoms with Gasteiger partial charge < -0.3 is 10.4 Å². The molecule has 2 N–H and O–H groups in total. The van der Waals surface area contributed by atoms with Crippen LogP contribution in [0.25, 0.3) is 0 Å². The lowest BCUT2D eigenvalue weighted by atomic mass is 9.68. The van der Waals surface area contributed by atoms with Crippen molar-refractivity contribution < 1.29 is 9.90 Å². The van der Waals surface area contributed by atoms with Crippen LogP contribution in [0.1, 0.15) is 51.4 Å². The Hall–Kier alpha value is -0.570. The van der Waals surface area contributed by atoms with Crippen LogP contribution in [0.15, 0.2) is 0 Å². The smallest absolute Gasteiger partial charge is 0.228 e. The highest BCUT2D eigenvalue weighted by Gasteiger charge is 2.44. The van der Waals surface area contributed by atoms with Gasteiger partial charge in [-0.15, -0.1) is 0 Å². The maximum Gasteiger partial charge on any atom is 0.228 e. The van der Waals surface area contributed by atoms with E-state index >= 15 is 0 Å². The third-order valence-electron chi connectivity index (χ3n) is 4.04. The fourth-order valence-electron chi connectivity index (χ4n) is 2.65. The van der Waals surface area contributed by atoms with Gasteiger partial charge in [0.15, 0.2) is 0 Å². The number of nitrogens with one attached hydrogen (secondary N) is 1. The average Bonchev–Trinajstić information content (AvgIpc) is 2.18. The lowest BCUT2D eigenvalue weighted by molar-refractivity contribution is -0.140. The first-order valence-electron chi connectivity index (χ1n) is 6.19. The molecule has 0 aliphatic heterocycles. The maximum absolute atomic E-state index is 12.0. The van der Waals surface area contributed by atoms with Crippen molar-refractivity contribution in [2.24, 2.45) is 5.41 Å². The molecule has 2 rings (SSSR count). The molecule has 0 unspecified atom stereocenters. The van der Waals surface area contributed by atoms with Crippen molar-refractivity contribution in [3.63, 3.8) is 0 Å². The van der Waals surface area contributed by atoms with Crippen LogP contribution in [-0.2, 0) is 4.79 Å². The number of rotatable bonds is 3. The molecule has 0 radical (unpaired) electrons. The molecule has 0 aromatic rings. The Bertz CT molecular complexity index is 224. The largest absolute Gasteiger partial charge is 0.395 e.